The van der Waals surface area contributed by atoms with Crippen molar-refractivity contribution in [1.82, 2.24) is 9.62 Å². The predicted molar refractivity (Wildman–Crippen MR) is 89.2 cm³/mol. The molecule has 0 aliphatic carbocycles. The first-order valence-corrected chi connectivity index (χ1v) is 9.49. The third-order valence-electron chi connectivity index (χ3n) is 2.68. The van der Waals surface area contributed by atoms with Gasteiger partial charge in [0.2, 0.25) is 15.9 Å². The van der Waals surface area contributed by atoms with Crippen LogP contribution in [0.25, 0.3) is 0 Å². The number of halogens is 1. The molecule has 1 aromatic carbocycles. The van der Waals surface area contributed by atoms with Crippen LogP contribution in [0.1, 0.15) is 0 Å². The van der Waals surface area contributed by atoms with Crippen LogP contribution in [-0.2, 0) is 19.6 Å². The van der Waals surface area contributed by atoms with Crippen molar-refractivity contribution in [3.05, 3.63) is 29.3 Å². The minimum atomic E-state index is -3.77. The number of carboxylic acids is 1. The molecule has 0 fully saturated rings. The number of hydrogen-bond acceptors (Lipinski definition) is 5. The Hall–Kier alpha value is -1.29. The molecule has 10 heteroatoms. The van der Waals surface area contributed by atoms with Gasteiger partial charge in [0, 0.05) is 24.4 Å². The highest BCUT2D eigenvalue weighted by Gasteiger charge is 2.22. The van der Waals surface area contributed by atoms with Crippen LogP contribution < -0.4 is 5.32 Å². The minimum Gasteiger partial charge on any atom is -0.481 e. The van der Waals surface area contributed by atoms with Crippen LogP contribution in [0.5, 0.6) is 0 Å². The topological polar surface area (TPSA) is 104 Å². The maximum absolute atomic E-state index is 12.3. The molecule has 7 nitrogen and oxygen atoms in total. The smallest absolute Gasteiger partial charge is 0.313 e. The number of carbonyl (C=O) groups excluding carboxylic acids is 1. The molecule has 0 unspecified atom stereocenters. The zero-order chi connectivity index (χ0) is 17.5. The number of sulfonamides is 1. The fraction of sp³-hybridized carbons (Fsp3) is 0.385. The number of likely N-dealkylation sites (N-methyl/N-ethyl adjacent to an activating group) is 1. The summed E-state index contributed by atoms with van der Waals surface area (Å²) < 4.78 is 25.5. The Bertz CT molecular complexity index is 649. The van der Waals surface area contributed by atoms with E-state index in [2.05, 4.69) is 5.32 Å². The molecular formula is C13H17ClN2O5S2. The molecule has 0 aliphatic heterocycles. The van der Waals surface area contributed by atoms with Crippen LogP contribution in [0.15, 0.2) is 29.2 Å². The van der Waals surface area contributed by atoms with E-state index in [1.807, 2.05) is 0 Å². The van der Waals surface area contributed by atoms with Crippen molar-refractivity contribution in [3.8, 4) is 0 Å². The van der Waals surface area contributed by atoms with E-state index < -0.39 is 21.9 Å². The van der Waals surface area contributed by atoms with E-state index in [4.69, 9.17) is 16.7 Å². The van der Waals surface area contributed by atoms with E-state index in [-0.39, 0.29) is 23.7 Å². The summed E-state index contributed by atoms with van der Waals surface area (Å²) >= 11 is 6.88. The lowest BCUT2D eigenvalue weighted by molar-refractivity contribution is -0.133. The maximum atomic E-state index is 12.3. The Kier molecular flexibility index (Phi) is 7.83. The van der Waals surface area contributed by atoms with Crippen molar-refractivity contribution in [1.29, 1.82) is 0 Å². The zero-order valence-corrected chi connectivity index (χ0v) is 14.7. The molecule has 128 valence electrons. The third kappa shape index (κ3) is 6.78. The number of thioether (sulfide) groups is 1. The SMILES string of the molecule is CN(CC(=O)NCCSCC(=O)O)S(=O)(=O)c1ccc(Cl)cc1. The fourth-order valence-corrected chi connectivity index (χ4v) is 3.37. The molecule has 0 spiro atoms. The van der Waals surface area contributed by atoms with Gasteiger partial charge in [-0.2, -0.15) is 4.31 Å². The van der Waals surface area contributed by atoms with Crippen molar-refractivity contribution in [2.24, 2.45) is 0 Å². The van der Waals surface area contributed by atoms with Gasteiger partial charge in [0.15, 0.2) is 0 Å². The van der Waals surface area contributed by atoms with E-state index in [9.17, 15) is 18.0 Å². The Morgan fingerprint density at radius 1 is 1.30 bits per heavy atom. The molecule has 0 heterocycles. The molecule has 0 aromatic heterocycles. The standard InChI is InChI=1S/C13H17ClN2O5S2/c1-16(8-12(17)15-6-7-22-9-13(18)19)23(20,21)11-4-2-10(14)3-5-11/h2-5H,6-9H2,1H3,(H,15,17)(H,18,19). The lowest BCUT2D eigenvalue weighted by Gasteiger charge is -2.16. The summed E-state index contributed by atoms with van der Waals surface area (Å²) in [6, 6.07) is 5.66. The van der Waals surface area contributed by atoms with Crippen LogP contribution in [0.3, 0.4) is 0 Å². The Labute approximate surface area is 144 Å². The van der Waals surface area contributed by atoms with E-state index in [0.29, 0.717) is 10.8 Å². The summed E-state index contributed by atoms with van der Waals surface area (Å²) in [6.45, 7) is -0.0554. The van der Waals surface area contributed by atoms with Crippen LogP contribution in [0.2, 0.25) is 5.02 Å². The van der Waals surface area contributed by atoms with Gasteiger partial charge < -0.3 is 10.4 Å². The highest BCUT2D eigenvalue weighted by molar-refractivity contribution is 7.99. The first kappa shape index (κ1) is 19.8. The third-order valence-corrected chi connectivity index (χ3v) is 5.70. The van der Waals surface area contributed by atoms with E-state index in [1.54, 1.807) is 0 Å². The second-order valence-corrected chi connectivity index (χ2v) is 8.10. The van der Waals surface area contributed by atoms with Crippen LogP contribution in [-0.4, -0.2) is 61.3 Å². The fourth-order valence-electron chi connectivity index (χ4n) is 1.55. The number of amides is 1. The lowest BCUT2D eigenvalue weighted by atomic mass is 10.4. The van der Waals surface area contributed by atoms with Crippen LogP contribution in [0.4, 0.5) is 0 Å². The summed E-state index contributed by atoms with van der Waals surface area (Å²) in [7, 11) is -2.46. The van der Waals surface area contributed by atoms with Gasteiger partial charge in [-0.1, -0.05) is 11.6 Å². The van der Waals surface area contributed by atoms with Crippen molar-refractivity contribution in [2.75, 3.05) is 31.6 Å². The van der Waals surface area contributed by atoms with Crippen LogP contribution in [0, 0.1) is 0 Å². The number of nitrogens with one attached hydrogen (secondary N) is 1. The first-order chi connectivity index (χ1) is 10.7. The van der Waals surface area contributed by atoms with E-state index in [0.717, 1.165) is 4.31 Å². The molecule has 0 radical (unpaired) electrons. The molecular weight excluding hydrogens is 364 g/mol. The second-order valence-electron chi connectivity index (χ2n) is 4.51. The predicted octanol–water partition coefficient (Wildman–Crippen LogP) is 0.895. The average Bonchev–Trinajstić information content (AvgIpc) is 2.46. The number of carboxylic acid groups (broad SMARTS) is 1. The zero-order valence-electron chi connectivity index (χ0n) is 12.4. The highest BCUT2D eigenvalue weighted by Crippen LogP contribution is 2.17. The summed E-state index contributed by atoms with van der Waals surface area (Å²) in [5, 5.41) is 11.4. The minimum absolute atomic E-state index is 0.0410. The Balaban J connectivity index is 2.47. The number of rotatable bonds is 9. The normalized spacial score (nSPS) is 11.4. The van der Waals surface area contributed by atoms with Crippen molar-refractivity contribution >= 4 is 45.3 Å². The number of aliphatic carboxylic acids is 1. The Morgan fingerprint density at radius 3 is 2.48 bits per heavy atom. The van der Waals surface area contributed by atoms with Gasteiger partial charge in [0.05, 0.1) is 17.2 Å². The molecule has 0 atom stereocenters. The van der Waals surface area contributed by atoms with Crippen molar-refractivity contribution in [3.63, 3.8) is 0 Å². The van der Waals surface area contributed by atoms with Gasteiger partial charge in [-0.3, -0.25) is 9.59 Å². The first-order valence-electron chi connectivity index (χ1n) is 6.51. The van der Waals surface area contributed by atoms with Gasteiger partial charge in [0.1, 0.15) is 0 Å². The molecule has 23 heavy (non-hydrogen) atoms. The summed E-state index contributed by atoms with van der Waals surface area (Å²) in [6.07, 6.45) is 0. The molecule has 0 saturated carbocycles. The quantitative estimate of drug-likeness (QED) is 0.617. The second kappa shape index (κ2) is 9.11. The molecule has 1 rings (SSSR count). The molecule has 0 bridgehead atoms. The number of nitrogens with zero attached hydrogens (tertiary/aromatic N) is 1. The van der Waals surface area contributed by atoms with Gasteiger partial charge in [-0.25, -0.2) is 8.42 Å². The number of carbonyl (C=O) groups is 2. The summed E-state index contributed by atoms with van der Waals surface area (Å²) in [4.78, 5) is 22.1. The Morgan fingerprint density at radius 2 is 1.91 bits per heavy atom. The molecule has 0 saturated heterocycles. The number of hydrogen-bond donors (Lipinski definition) is 2. The van der Waals surface area contributed by atoms with Gasteiger partial charge >= 0.3 is 5.97 Å². The van der Waals surface area contributed by atoms with E-state index >= 15 is 0 Å². The summed E-state index contributed by atoms with van der Waals surface area (Å²) in [5.41, 5.74) is 0. The van der Waals surface area contributed by atoms with Crippen molar-refractivity contribution in [2.45, 2.75) is 4.90 Å². The van der Waals surface area contributed by atoms with Gasteiger partial charge in [0.25, 0.3) is 0 Å². The lowest BCUT2D eigenvalue weighted by Crippen LogP contribution is -2.39. The maximum Gasteiger partial charge on any atom is 0.313 e. The van der Waals surface area contributed by atoms with Crippen molar-refractivity contribution < 1.29 is 23.1 Å². The molecule has 1 aromatic rings. The van der Waals surface area contributed by atoms with Crippen LogP contribution >= 0.6 is 23.4 Å². The highest BCUT2D eigenvalue weighted by atomic mass is 35.5. The summed E-state index contributed by atoms with van der Waals surface area (Å²) in [5.74, 6) is -0.983. The number of benzene rings is 1. The van der Waals surface area contributed by atoms with E-state index in [1.165, 1.54) is 43.1 Å². The molecule has 0 aliphatic rings. The average molecular weight is 381 g/mol. The van der Waals surface area contributed by atoms with Gasteiger partial charge in [-0.05, 0) is 24.3 Å². The van der Waals surface area contributed by atoms with Gasteiger partial charge in [-0.15, -0.1) is 11.8 Å². The largest absolute Gasteiger partial charge is 0.481 e. The molecule has 2 N–H and O–H groups in total. The molecule has 1 amide bonds. The monoisotopic (exact) mass is 380 g/mol.